The molecule has 9 heteroatoms. The van der Waals surface area contributed by atoms with E-state index in [-0.39, 0.29) is 18.9 Å². The van der Waals surface area contributed by atoms with Crippen molar-refractivity contribution >= 4 is 35.0 Å². The van der Waals surface area contributed by atoms with Crippen molar-refractivity contribution in [3.8, 4) is 5.75 Å². The number of halogens is 2. The quantitative estimate of drug-likeness (QED) is 0.274. The average molecular weight is 478 g/mol. The number of aliphatic hydroxyl groups excluding tert-OH is 1. The van der Waals surface area contributed by atoms with Crippen molar-refractivity contribution in [2.75, 3.05) is 20.3 Å². The highest BCUT2D eigenvalue weighted by Gasteiger charge is 2.53. The summed E-state index contributed by atoms with van der Waals surface area (Å²) in [6, 6.07) is 12.2. The van der Waals surface area contributed by atoms with E-state index in [1.54, 1.807) is 55.6 Å². The van der Waals surface area contributed by atoms with Gasteiger partial charge in [-0.1, -0.05) is 35.3 Å². The fourth-order valence-electron chi connectivity index (χ4n) is 3.45. The van der Waals surface area contributed by atoms with Gasteiger partial charge in [-0.2, -0.15) is 0 Å². The van der Waals surface area contributed by atoms with Gasteiger partial charge in [0.1, 0.15) is 5.75 Å². The van der Waals surface area contributed by atoms with Gasteiger partial charge < -0.3 is 14.6 Å². The Morgan fingerprint density at radius 1 is 1.31 bits per heavy atom. The normalized spacial score (nSPS) is 19.8. The molecule has 0 unspecified atom stereocenters. The standard InChI is InChI=1S/C23H25Cl2N3O4/c1-3-11-23(22(30)28-26-2)20(18-10-7-16(24)14-19(18)25)32-21(27-23)15-5-8-17(9-6-15)31-13-4-12-29/h3,5-10,14,20,26,29H,1,4,11-13H2,2H3,(H,28,30)/t20-,23-/m0/s1. The number of nitrogens with one attached hydrogen (secondary N) is 2. The van der Waals surface area contributed by atoms with Crippen LogP contribution in [0.4, 0.5) is 0 Å². The monoisotopic (exact) mass is 477 g/mol. The van der Waals surface area contributed by atoms with Crippen LogP contribution in [0.25, 0.3) is 0 Å². The van der Waals surface area contributed by atoms with Gasteiger partial charge in [0.05, 0.1) is 6.61 Å². The fourth-order valence-corrected chi connectivity index (χ4v) is 3.96. The molecule has 170 valence electrons. The Morgan fingerprint density at radius 2 is 2.06 bits per heavy atom. The summed E-state index contributed by atoms with van der Waals surface area (Å²) < 4.78 is 11.8. The molecule has 1 aliphatic rings. The van der Waals surface area contributed by atoms with Gasteiger partial charge in [0.15, 0.2) is 11.6 Å². The van der Waals surface area contributed by atoms with Crippen molar-refractivity contribution in [1.29, 1.82) is 0 Å². The predicted octanol–water partition coefficient (Wildman–Crippen LogP) is 3.84. The lowest BCUT2D eigenvalue weighted by Gasteiger charge is -2.30. The van der Waals surface area contributed by atoms with E-state index in [0.29, 0.717) is 45.8 Å². The molecule has 1 heterocycles. The van der Waals surface area contributed by atoms with Crippen LogP contribution in [-0.2, 0) is 9.53 Å². The minimum atomic E-state index is -1.33. The summed E-state index contributed by atoms with van der Waals surface area (Å²) in [4.78, 5) is 17.9. The topological polar surface area (TPSA) is 92.2 Å². The second-order valence-corrected chi connectivity index (χ2v) is 8.00. The molecule has 3 rings (SSSR count). The van der Waals surface area contributed by atoms with Crippen molar-refractivity contribution in [2.24, 2.45) is 4.99 Å². The maximum absolute atomic E-state index is 13.2. The lowest BCUT2D eigenvalue weighted by Crippen LogP contribution is -2.51. The molecule has 32 heavy (non-hydrogen) atoms. The molecular formula is C23H25Cl2N3O4. The average Bonchev–Trinajstić information content (AvgIpc) is 3.15. The number of carbonyl (C=O) groups excluding carboxylic acids is 1. The first kappa shape index (κ1) is 24.1. The van der Waals surface area contributed by atoms with Gasteiger partial charge in [0.2, 0.25) is 5.90 Å². The number of nitrogens with zero attached hydrogens (tertiary/aromatic N) is 1. The lowest BCUT2D eigenvalue weighted by atomic mass is 9.84. The molecular weight excluding hydrogens is 453 g/mol. The Kier molecular flexibility index (Phi) is 8.15. The molecule has 0 fully saturated rings. The van der Waals surface area contributed by atoms with Crippen LogP contribution in [0.3, 0.4) is 0 Å². The number of rotatable bonds is 10. The molecule has 2 aromatic rings. The molecule has 0 radical (unpaired) electrons. The number of benzene rings is 2. The van der Waals surface area contributed by atoms with Crippen LogP contribution in [0.2, 0.25) is 10.0 Å². The minimum Gasteiger partial charge on any atom is -0.494 e. The maximum Gasteiger partial charge on any atom is 0.266 e. The van der Waals surface area contributed by atoms with Gasteiger partial charge in [-0.15, -0.1) is 6.58 Å². The van der Waals surface area contributed by atoms with Gasteiger partial charge in [-0.25, -0.2) is 10.4 Å². The van der Waals surface area contributed by atoms with E-state index < -0.39 is 11.6 Å². The molecule has 0 bridgehead atoms. The molecule has 3 N–H and O–H groups in total. The summed E-state index contributed by atoms with van der Waals surface area (Å²) in [5.41, 5.74) is 5.23. The van der Waals surface area contributed by atoms with E-state index in [9.17, 15) is 4.79 Å². The summed E-state index contributed by atoms with van der Waals surface area (Å²) in [6.45, 7) is 4.29. The van der Waals surface area contributed by atoms with Gasteiger partial charge in [-0.3, -0.25) is 10.2 Å². The summed E-state index contributed by atoms with van der Waals surface area (Å²) in [5, 5.41) is 9.74. The minimum absolute atomic E-state index is 0.0669. The zero-order valence-corrected chi connectivity index (χ0v) is 19.1. The van der Waals surface area contributed by atoms with E-state index in [0.717, 1.165) is 0 Å². The fraction of sp³-hybridized carbons (Fsp3) is 0.304. The third-order valence-electron chi connectivity index (χ3n) is 4.97. The van der Waals surface area contributed by atoms with Crippen LogP contribution in [0.15, 0.2) is 60.1 Å². The zero-order valence-electron chi connectivity index (χ0n) is 17.6. The number of hydrazine groups is 1. The van der Waals surface area contributed by atoms with Crippen molar-refractivity contribution in [3.05, 3.63) is 76.3 Å². The number of hydrogen-bond acceptors (Lipinski definition) is 6. The van der Waals surface area contributed by atoms with Crippen molar-refractivity contribution in [2.45, 2.75) is 24.5 Å². The highest BCUT2D eigenvalue weighted by atomic mass is 35.5. The first-order chi connectivity index (χ1) is 15.4. The number of ether oxygens (including phenoxy) is 2. The Bertz CT molecular complexity index is 997. The van der Waals surface area contributed by atoms with Crippen LogP contribution in [0.1, 0.15) is 30.1 Å². The van der Waals surface area contributed by atoms with Crippen LogP contribution in [0.5, 0.6) is 5.75 Å². The molecule has 0 spiro atoms. The molecule has 1 aliphatic heterocycles. The number of carbonyl (C=O) groups is 1. The molecule has 0 aliphatic carbocycles. The smallest absolute Gasteiger partial charge is 0.266 e. The van der Waals surface area contributed by atoms with E-state index in [4.69, 9.17) is 42.8 Å². The first-order valence-corrected chi connectivity index (χ1v) is 10.8. The van der Waals surface area contributed by atoms with Crippen LogP contribution in [0, 0.1) is 0 Å². The van der Waals surface area contributed by atoms with Gasteiger partial charge in [-0.05, 0) is 36.4 Å². The molecule has 2 aromatic carbocycles. The first-order valence-electron chi connectivity index (χ1n) is 10.1. The van der Waals surface area contributed by atoms with E-state index in [1.165, 1.54) is 0 Å². The maximum atomic E-state index is 13.2. The Balaban J connectivity index is 2.00. The molecule has 1 amide bonds. The van der Waals surface area contributed by atoms with Crippen molar-refractivity contribution < 1.29 is 19.4 Å². The number of aliphatic imine (C=N–C) groups is 1. The van der Waals surface area contributed by atoms with E-state index >= 15 is 0 Å². The third kappa shape index (κ3) is 5.07. The second-order valence-electron chi connectivity index (χ2n) is 7.15. The summed E-state index contributed by atoms with van der Waals surface area (Å²) in [7, 11) is 1.60. The van der Waals surface area contributed by atoms with Crippen LogP contribution < -0.4 is 15.6 Å². The summed E-state index contributed by atoms with van der Waals surface area (Å²) in [6.07, 6.45) is 1.59. The molecule has 0 saturated carbocycles. The largest absolute Gasteiger partial charge is 0.494 e. The Hall–Kier alpha value is -2.58. The number of amides is 1. The zero-order chi connectivity index (χ0) is 23.1. The van der Waals surface area contributed by atoms with Gasteiger partial charge in [0, 0.05) is 47.7 Å². The lowest BCUT2D eigenvalue weighted by molar-refractivity contribution is -0.129. The van der Waals surface area contributed by atoms with Crippen molar-refractivity contribution in [1.82, 2.24) is 10.9 Å². The SMILES string of the molecule is C=CC[C@]1(C(=O)NNC)N=C(c2ccc(OCCCO)cc2)O[C@H]1c1ccc(Cl)cc1Cl. The predicted molar refractivity (Wildman–Crippen MR) is 125 cm³/mol. The molecule has 7 nitrogen and oxygen atoms in total. The highest BCUT2D eigenvalue weighted by molar-refractivity contribution is 6.35. The van der Waals surface area contributed by atoms with E-state index in [2.05, 4.69) is 17.4 Å². The van der Waals surface area contributed by atoms with Gasteiger partial charge in [0.25, 0.3) is 5.91 Å². The highest BCUT2D eigenvalue weighted by Crippen LogP contribution is 2.45. The Morgan fingerprint density at radius 3 is 2.69 bits per heavy atom. The number of hydrogen-bond donors (Lipinski definition) is 3. The Labute approximate surface area is 197 Å². The van der Waals surface area contributed by atoms with Gasteiger partial charge >= 0.3 is 0 Å². The van der Waals surface area contributed by atoms with Crippen molar-refractivity contribution in [3.63, 3.8) is 0 Å². The third-order valence-corrected chi connectivity index (χ3v) is 5.53. The molecule has 0 aromatic heterocycles. The summed E-state index contributed by atoms with van der Waals surface area (Å²) >= 11 is 12.5. The van der Waals surface area contributed by atoms with E-state index in [1.807, 2.05) is 0 Å². The van der Waals surface area contributed by atoms with Crippen LogP contribution in [-0.4, -0.2) is 42.7 Å². The summed E-state index contributed by atoms with van der Waals surface area (Å²) in [5.74, 6) is 0.578. The second kappa shape index (κ2) is 10.8. The number of aliphatic hydroxyl groups is 1. The van der Waals surface area contributed by atoms with Crippen LogP contribution >= 0.6 is 23.2 Å². The molecule has 2 atom stereocenters. The molecule has 0 saturated heterocycles.